The fourth-order valence-corrected chi connectivity index (χ4v) is 2.39. The first-order chi connectivity index (χ1) is 9.10. The molecule has 1 unspecified atom stereocenters. The molecule has 0 radical (unpaired) electrons. The van der Waals surface area contributed by atoms with Gasteiger partial charge in [0.15, 0.2) is 0 Å². The molecule has 100 valence electrons. The molecular weight excluding hydrogens is 331 g/mol. The van der Waals surface area contributed by atoms with Crippen LogP contribution in [0.5, 0.6) is 0 Å². The molecule has 19 heavy (non-hydrogen) atoms. The molecule has 0 aliphatic heterocycles. The van der Waals surface area contributed by atoms with Crippen LogP contribution in [-0.2, 0) is 0 Å². The molecule has 5 heteroatoms. The van der Waals surface area contributed by atoms with Crippen LogP contribution in [0, 0.1) is 5.82 Å². The summed E-state index contributed by atoms with van der Waals surface area (Å²) in [7, 11) is 0. The summed E-state index contributed by atoms with van der Waals surface area (Å²) in [6, 6.07) is 11.9. The summed E-state index contributed by atoms with van der Waals surface area (Å²) >= 11 is 9.45. The fraction of sp³-hybridized carbons (Fsp3) is 0.143. The third-order valence-corrected chi connectivity index (χ3v) is 3.57. The van der Waals surface area contributed by atoms with Gasteiger partial charge in [-0.3, -0.25) is 0 Å². The molecule has 0 spiro atoms. The second kappa shape index (κ2) is 6.37. The van der Waals surface area contributed by atoms with Crippen molar-refractivity contribution in [3.05, 3.63) is 63.3 Å². The van der Waals surface area contributed by atoms with Gasteiger partial charge in [-0.1, -0.05) is 39.7 Å². The van der Waals surface area contributed by atoms with Gasteiger partial charge in [0, 0.05) is 11.0 Å². The third-order valence-electron chi connectivity index (χ3n) is 2.74. The van der Waals surface area contributed by atoms with E-state index in [9.17, 15) is 4.39 Å². The Morgan fingerprint density at radius 3 is 2.74 bits per heavy atom. The molecule has 0 heterocycles. The first-order valence-electron chi connectivity index (χ1n) is 5.77. The van der Waals surface area contributed by atoms with E-state index in [1.54, 1.807) is 0 Å². The largest absolute Gasteiger partial charge is 0.376 e. The number of benzene rings is 2. The zero-order valence-corrected chi connectivity index (χ0v) is 12.4. The van der Waals surface area contributed by atoms with Crippen LogP contribution in [0.4, 0.5) is 10.1 Å². The van der Waals surface area contributed by atoms with Crippen molar-refractivity contribution in [1.29, 1.82) is 0 Å². The Morgan fingerprint density at radius 1 is 1.26 bits per heavy atom. The maximum atomic E-state index is 13.2. The predicted octanol–water partition coefficient (Wildman–Crippen LogP) is 4.35. The van der Waals surface area contributed by atoms with Crippen LogP contribution in [0.25, 0.3) is 0 Å². The van der Waals surface area contributed by atoms with E-state index in [2.05, 4.69) is 21.2 Å². The van der Waals surface area contributed by atoms with E-state index in [0.717, 1.165) is 10.0 Å². The molecule has 0 fully saturated rings. The molecule has 2 aromatic carbocycles. The molecule has 1 atom stereocenters. The zero-order chi connectivity index (χ0) is 13.8. The van der Waals surface area contributed by atoms with E-state index < -0.39 is 0 Å². The van der Waals surface area contributed by atoms with Crippen molar-refractivity contribution in [2.75, 3.05) is 11.9 Å². The lowest BCUT2D eigenvalue weighted by atomic mass is 10.1. The molecule has 0 aliphatic rings. The molecule has 2 nitrogen and oxygen atoms in total. The number of halogens is 3. The van der Waals surface area contributed by atoms with Gasteiger partial charge in [-0.25, -0.2) is 4.39 Å². The molecule has 2 aromatic rings. The van der Waals surface area contributed by atoms with Gasteiger partial charge in [0.25, 0.3) is 0 Å². The highest BCUT2D eigenvalue weighted by molar-refractivity contribution is 9.10. The fourth-order valence-electron chi connectivity index (χ4n) is 1.80. The van der Waals surface area contributed by atoms with Crippen LogP contribution in [0.3, 0.4) is 0 Å². The Kier molecular flexibility index (Phi) is 4.80. The molecule has 0 bridgehead atoms. The van der Waals surface area contributed by atoms with Crippen LogP contribution in [0.2, 0.25) is 5.02 Å². The van der Waals surface area contributed by atoms with Gasteiger partial charge < -0.3 is 11.1 Å². The summed E-state index contributed by atoms with van der Waals surface area (Å²) in [4.78, 5) is 0. The minimum Gasteiger partial charge on any atom is -0.376 e. The maximum absolute atomic E-state index is 13.2. The Labute approximate surface area is 124 Å². The molecule has 0 saturated heterocycles. The van der Waals surface area contributed by atoms with E-state index in [1.165, 1.54) is 18.2 Å². The molecule has 0 aromatic heterocycles. The number of rotatable bonds is 4. The molecule has 0 amide bonds. The van der Waals surface area contributed by atoms with E-state index in [1.807, 2.05) is 24.3 Å². The van der Waals surface area contributed by atoms with Crippen molar-refractivity contribution in [2.24, 2.45) is 5.73 Å². The minimum atomic E-state index is -0.336. The Morgan fingerprint density at radius 2 is 2.05 bits per heavy atom. The van der Waals surface area contributed by atoms with Crippen molar-refractivity contribution in [3.8, 4) is 0 Å². The molecule has 2 rings (SSSR count). The number of hydrogen-bond acceptors (Lipinski definition) is 2. The lowest BCUT2D eigenvalue weighted by Gasteiger charge is -2.19. The van der Waals surface area contributed by atoms with Gasteiger partial charge in [0.1, 0.15) is 5.82 Å². The third kappa shape index (κ3) is 3.69. The van der Waals surface area contributed by atoms with E-state index in [0.29, 0.717) is 17.3 Å². The standard InChI is InChI=1S/C14H13BrClFN2/c15-10-3-1-2-9(6-10)14(8-18)19-13-7-11(17)4-5-12(13)16/h1-7,14,19H,8,18H2. The average Bonchev–Trinajstić information content (AvgIpc) is 2.39. The highest BCUT2D eigenvalue weighted by atomic mass is 79.9. The second-order valence-corrected chi connectivity index (χ2v) is 5.43. The van der Waals surface area contributed by atoms with E-state index in [4.69, 9.17) is 17.3 Å². The molecular formula is C14H13BrClFN2. The monoisotopic (exact) mass is 342 g/mol. The van der Waals surface area contributed by atoms with Crippen molar-refractivity contribution in [2.45, 2.75) is 6.04 Å². The van der Waals surface area contributed by atoms with E-state index >= 15 is 0 Å². The lowest BCUT2D eigenvalue weighted by Crippen LogP contribution is -2.20. The first kappa shape index (κ1) is 14.3. The quantitative estimate of drug-likeness (QED) is 0.866. The topological polar surface area (TPSA) is 38.0 Å². The maximum Gasteiger partial charge on any atom is 0.125 e. The number of hydrogen-bond donors (Lipinski definition) is 2. The average molecular weight is 344 g/mol. The summed E-state index contributed by atoms with van der Waals surface area (Å²) in [5.74, 6) is -0.336. The highest BCUT2D eigenvalue weighted by Gasteiger charge is 2.12. The zero-order valence-electron chi connectivity index (χ0n) is 10.0. The van der Waals surface area contributed by atoms with Gasteiger partial charge in [0.2, 0.25) is 0 Å². The van der Waals surface area contributed by atoms with Crippen LogP contribution in [0.1, 0.15) is 11.6 Å². The Bertz CT molecular complexity index is 577. The van der Waals surface area contributed by atoms with Gasteiger partial charge in [0.05, 0.1) is 16.8 Å². The second-order valence-electron chi connectivity index (χ2n) is 4.11. The predicted molar refractivity (Wildman–Crippen MR) is 81.0 cm³/mol. The normalized spacial score (nSPS) is 12.2. The highest BCUT2D eigenvalue weighted by Crippen LogP contribution is 2.27. The first-order valence-corrected chi connectivity index (χ1v) is 6.94. The smallest absolute Gasteiger partial charge is 0.125 e. The summed E-state index contributed by atoms with van der Waals surface area (Å²) < 4.78 is 14.2. The number of nitrogens with one attached hydrogen (secondary N) is 1. The van der Waals surface area contributed by atoms with Crippen molar-refractivity contribution in [1.82, 2.24) is 0 Å². The van der Waals surface area contributed by atoms with Crippen LogP contribution in [0.15, 0.2) is 46.9 Å². The van der Waals surface area contributed by atoms with Gasteiger partial charge in [-0.15, -0.1) is 0 Å². The summed E-state index contributed by atoms with van der Waals surface area (Å²) in [6.45, 7) is 0.378. The van der Waals surface area contributed by atoms with E-state index in [-0.39, 0.29) is 11.9 Å². The summed E-state index contributed by atoms with van der Waals surface area (Å²) in [5.41, 5.74) is 7.33. The lowest BCUT2D eigenvalue weighted by molar-refractivity contribution is 0.627. The van der Waals surface area contributed by atoms with Crippen LogP contribution < -0.4 is 11.1 Å². The summed E-state index contributed by atoms with van der Waals surface area (Å²) in [5, 5.41) is 3.63. The SMILES string of the molecule is NCC(Nc1cc(F)ccc1Cl)c1cccc(Br)c1. The Balaban J connectivity index is 2.26. The molecule has 0 saturated carbocycles. The van der Waals surface area contributed by atoms with Gasteiger partial charge in [-0.05, 0) is 35.9 Å². The van der Waals surface area contributed by atoms with Crippen molar-refractivity contribution >= 4 is 33.2 Å². The minimum absolute atomic E-state index is 0.128. The molecule has 0 aliphatic carbocycles. The Hall–Kier alpha value is -1.10. The van der Waals surface area contributed by atoms with Crippen molar-refractivity contribution in [3.63, 3.8) is 0 Å². The van der Waals surface area contributed by atoms with Crippen molar-refractivity contribution < 1.29 is 4.39 Å². The summed E-state index contributed by atoms with van der Waals surface area (Å²) in [6.07, 6.45) is 0. The van der Waals surface area contributed by atoms with Gasteiger partial charge >= 0.3 is 0 Å². The number of anilines is 1. The van der Waals surface area contributed by atoms with Crippen LogP contribution in [-0.4, -0.2) is 6.54 Å². The van der Waals surface area contributed by atoms with Gasteiger partial charge in [-0.2, -0.15) is 0 Å². The van der Waals surface area contributed by atoms with Crippen LogP contribution >= 0.6 is 27.5 Å². The number of nitrogens with two attached hydrogens (primary N) is 1. The molecule has 3 N–H and O–H groups in total.